The van der Waals surface area contributed by atoms with Crippen LogP contribution >= 0.6 is 0 Å². The summed E-state index contributed by atoms with van der Waals surface area (Å²) in [6, 6.07) is 24.8. The van der Waals surface area contributed by atoms with Crippen molar-refractivity contribution in [2.45, 2.75) is 0 Å². The molecule has 0 saturated carbocycles. The van der Waals surface area contributed by atoms with E-state index in [1.807, 2.05) is 66.7 Å². The van der Waals surface area contributed by atoms with E-state index in [0.29, 0.717) is 5.56 Å². The van der Waals surface area contributed by atoms with Crippen molar-refractivity contribution in [2.24, 2.45) is 0 Å². The second-order valence-electron chi connectivity index (χ2n) is 4.02. The fourth-order valence-corrected chi connectivity index (χ4v) is 1.71. The summed E-state index contributed by atoms with van der Waals surface area (Å²) in [6.07, 6.45) is 0. The molecule has 0 bridgehead atoms. The second-order valence-corrected chi connectivity index (χ2v) is 4.02. The Balaban J connectivity index is 0.000000283. The quantitative estimate of drug-likeness (QED) is 0.570. The van der Waals surface area contributed by atoms with Crippen LogP contribution in [0.1, 0.15) is 10.4 Å². The largest absolute Gasteiger partial charge is 2.00 e. The SMILES string of the molecule is O=C(O)c1cc[c-](-c2ccccc2)c1.[Fe+2].c1cc[cH-]c1. The van der Waals surface area contributed by atoms with Gasteiger partial charge >= 0.3 is 17.1 Å². The third kappa shape index (κ3) is 4.54. The topological polar surface area (TPSA) is 37.3 Å². The molecule has 0 aliphatic heterocycles. The Hall–Kier alpha value is -2.09. The van der Waals surface area contributed by atoms with E-state index in [1.54, 1.807) is 12.1 Å². The molecule has 0 heterocycles. The smallest absolute Gasteiger partial charge is 0.484 e. The van der Waals surface area contributed by atoms with E-state index in [2.05, 4.69) is 0 Å². The molecule has 3 heteroatoms. The van der Waals surface area contributed by atoms with Crippen LogP contribution in [-0.4, -0.2) is 11.1 Å². The van der Waals surface area contributed by atoms with Crippen LogP contribution in [0.4, 0.5) is 0 Å². The molecule has 0 amide bonds. The fourth-order valence-electron chi connectivity index (χ4n) is 1.71. The molecule has 1 N–H and O–H groups in total. The molecule has 3 aromatic rings. The Morgan fingerprint density at radius 3 is 2.10 bits per heavy atom. The average molecular weight is 306 g/mol. The van der Waals surface area contributed by atoms with Crippen molar-refractivity contribution in [3.63, 3.8) is 0 Å². The summed E-state index contributed by atoms with van der Waals surface area (Å²) in [5.74, 6) is -0.882. The Morgan fingerprint density at radius 1 is 1.00 bits per heavy atom. The summed E-state index contributed by atoms with van der Waals surface area (Å²) in [5.41, 5.74) is 2.33. The minimum absolute atomic E-state index is 0. The van der Waals surface area contributed by atoms with Crippen molar-refractivity contribution in [2.75, 3.05) is 0 Å². The zero-order chi connectivity index (χ0) is 13.5. The fraction of sp³-hybridized carbons (Fsp3) is 0. The first kappa shape index (κ1) is 16.0. The summed E-state index contributed by atoms with van der Waals surface area (Å²) >= 11 is 0. The van der Waals surface area contributed by atoms with Gasteiger partial charge in [-0.2, -0.15) is 18.2 Å². The molecular formula is C17H14FeO2. The predicted octanol–water partition coefficient (Wildman–Crippen LogP) is 4.17. The van der Waals surface area contributed by atoms with Gasteiger partial charge in [-0.1, -0.05) is 23.8 Å². The first-order valence-electron chi connectivity index (χ1n) is 5.99. The molecule has 0 spiro atoms. The van der Waals surface area contributed by atoms with Crippen LogP contribution in [0, 0.1) is 0 Å². The van der Waals surface area contributed by atoms with Gasteiger partial charge in [0.2, 0.25) is 0 Å². The Morgan fingerprint density at radius 2 is 1.65 bits per heavy atom. The van der Waals surface area contributed by atoms with Crippen molar-refractivity contribution < 1.29 is 27.0 Å². The summed E-state index contributed by atoms with van der Waals surface area (Å²) in [7, 11) is 0. The maximum Gasteiger partial charge on any atom is 2.00 e. The molecule has 3 aromatic carbocycles. The molecule has 0 saturated heterocycles. The van der Waals surface area contributed by atoms with E-state index in [0.717, 1.165) is 11.1 Å². The van der Waals surface area contributed by atoms with Gasteiger partial charge in [0, 0.05) is 0 Å². The monoisotopic (exact) mass is 306 g/mol. The number of benzene rings is 1. The standard InChI is InChI=1S/C12H9O2.C5H5.Fe/c13-12(14)11-7-6-10(8-11)9-4-2-1-3-5-9;1-2-4-5-3-1;/h1-8H,(H,13,14);1-5H;/q2*-1;+2. The van der Waals surface area contributed by atoms with E-state index in [4.69, 9.17) is 5.11 Å². The third-order valence-corrected chi connectivity index (χ3v) is 2.66. The maximum absolute atomic E-state index is 10.6. The maximum atomic E-state index is 10.6. The van der Waals surface area contributed by atoms with Crippen LogP contribution in [0.2, 0.25) is 0 Å². The van der Waals surface area contributed by atoms with Gasteiger partial charge in [-0.05, 0) is 5.56 Å². The first-order valence-corrected chi connectivity index (χ1v) is 5.99. The summed E-state index contributed by atoms with van der Waals surface area (Å²) in [4.78, 5) is 10.6. The van der Waals surface area contributed by atoms with Crippen LogP contribution in [-0.2, 0) is 17.1 Å². The van der Waals surface area contributed by atoms with Gasteiger partial charge < -0.3 is 5.11 Å². The molecule has 0 atom stereocenters. The minimum Gasteiger partial charge on any atom is -0.484 e. The van der Waals surface area contributed by atoms with E-state index in [1.165, 1.54) is 0 Å². The number of carboxylic acids is 1. The van der Waals surface area contributed by atoms with Gasteiger partial charge in [0.25, 0.3) is 5.97 Å². The molecule has 2 nitrogen and oxygen atoms in total. The number of aromatic carboxylic acids is 1. The number of hydrogen-bond acceptors (Lipinski definition) is 1. The Kier molecular flexibility index (Phi) is 6.51. The third-order valence-electron chi connectivity index (χ3n) is 2.66. The first-order chi connectivity index (χ1) is 9.27. The molecule has 0 aliphatic carbocycles. The van der Waals surface area contributed by atoms with Gasteiger partial charge in [0.05, 0.1) is 0 Å². The second kappa shape index (κ2) is 8.15. The van der Waals surface area contributed by atoms with Gasteiger partial charge in [-0.25, -0.2) is 12.1 Å². The summed E-state index contributed by atoms with van der Waals surface area (Å²) in [6.45, 7) is 0. The molecular weight excluding hydrogens is 292 g/mol. The molecule has 0 unspecified atom stereocenters. The zero-order valence-corrected chi connectivity index (χ0v) is 11.8. The number of carboxylic acid groups (broad SMARTS) is 1. The number of hydrogen-bond donors (Lipinski definition) is 1. The van der Waals surface area contributed by atoms with Crippen molar-refractivity contribution in [1.82, 2.24) is 0 Å². The van der Waals surface area contributed by atoms with Crippen molar-refractivity contribution in [3.8, 4) is 11.1 Å². The van der Waals surface area contributed by atoms with Crippen LogP contribution in [0.5, 0.6) is 0 Å². The van der Waals surface area contributed by atoms with E-state index >= 15 is 0 Å². The summed E-state index contributed by atoms with van der Waals surface area (Å²) in [5, 5.41) is 8.75. The van der Waals surface area contributed by atoms with Gasteiger partial charge in [0.15, 0.2) is 0 Å². The summed E-state index contributed by atoms with van der Waals surface area (Å²) < 4.78 is 0. The van der Waals surface area contributed by atoms with Crippen LogP contribution in [0.15, 0.2) is 78.9 Å². The van der Waals surface area contributed by atoms with Crippen LogP contribution < -0.4 is 0 Å². The van der Waals surface area contributed by atoms with Crippen molar-refractivity contribution in [3.05, 3.63) is 84.4 Å². The average Bonchev–Trinajstić information content (AvgIpc) is 3.14. The Labute approximate surface area is 128 Å². The van der Waals surface area contributed by atoms with Crippen molar-refractivity contribution >= 4 is 5.97 Å². The van der Waals surface area contributed by atoms with Crippen LogP contribution in [0.3, 0.4) is 0 Å². The molecule has 0 fully saturated rings. The van der Waals surface area contributed by atoms with Crippen molar-refractivity contribution in [1.29, 1.82) is 0 Å². The molecule has 0 aromatic heterocycles. The number of rotatable bonds is 2. The van der Waals surface area contributed by atoms with Gasteiger partial charge in [-0.3, -0.25) is 4.79 Å². The van der Waals surface area contributed by atoms with Gasteiger partial charge in [0.1, 0.15) is 0 Å². The normalized spacial score (nSPS) is 9.00. The molecule has 3 rings (SSSR count). The Bertz CT molecular complexity index is 592. The molecule has 0 aliphatic rings. The van der Waals surface area contributed by atoms with E-state index < -0.39 is 5.97 Å². The molecule has 102 valence electrons. The molecule has 0 radical (unpaired) electrons. The number of carbonyl (C=O) groups is 1. The van der Waals surface area contributed by atoms with Crippen LogP contribution in [0.25, 0.3) is 11.1 Å². The molecule has 20 heavy (non-hydrogen) atoms. The van der Waals surface area contributed by atoms with E-state index in [9.17, 15) is 4.79 Å². The van der Waals surface area contributed by atoms with Gasteiger partial charge in [-0.15, -0.1) is 35.9 Å². The predicted molar refractivity (Wildman–Crippen MR) is 76.5 cm³/mol. The van der Waals surface area contributed by atoms with E-state index in [-0.39, 0.29) is 17.1 Å². The minimum atomic E-state index is -0.882. The zero-order valence-electron chi connectivity index (χ0n) is 10.7.